The molecule has 0 N–H and O–H groups in total. The van der Waals surface area contributed by atoms with Gasteiger partial charge in [0.1, 0.15) is 18.5 Å². The predicted octanol–water partition coefficient (Wildman–Crippen LogP) is 4.20. The Morgan fingerprint density at radius 3 is 2.65 bits per heavy atom. The molecule has 2 atom stereocenters. The first-order valence-electron chi connectivity index (χ1n) is 7.52. The molecule has 0 radical (unpaired) electrons. The SMILES string of the molecule is Fc1ccc(C2(Cn3cncn3)CC2c2ccccc2Cl)cc1. The van der Waals surface area contributed by atoms with E-state index < -0.39 is 0 Å². The molecule has 0 spiro atoms. The summed E-state index contributed by atoms with van der Waals surface area (Å²) in [6.45, 7) is 0.703. The third kappa shape index (κ3) is 2.53. The molecule has 2 aromatic carbocycles. The number of benzene rings is 2. The molecule has 0 bridgehead atoms. The molecule has 0 saturated heterocycles. The summed E-state index contributed by atoms with van der Waals surface area (Å²) in [5, 5.41) is 5.01. The predicted molar refractivity (Wildman–Crippen MR) is 86.9 cm³/mol. The minimum Gasteiger partial charge on any atom is -0.252 e. The van der Waals surface area contributed by atoms with Gasteiger partial charge in [-0.1, -0.05) is 41.9 Å². The Labute approximate surface area is 138 Å². The van der Waals surface area contributed by atoms with Crippen molar-refractivity contribution >= 4 is 11.6 Å². The normalized spacial score (nSPS) is 23.0. The van der Waals surface area contributed by atoms with Gasteiger partial charge in [0.15, 0.2) is 0 Å². The molecule has 0 aliphatic heterocycles. The van der Waals surface area contributed by atoms with Crippen molar-refractivity contribution < 1.29 is 4.39 Å². The lowest BCUT2D eigenvalue weighted by atomic mass is 9.90. The summed E-state index contributed by atoms with van der Waals surface area (Å²) in [7, 11) is 0. The fraction of sp³-hybridized carbons (Fsp3) is 0.222. The van der Waals surface area contributed by atoms with Crippen molar-refractivity contribution in [3.63, 3.8) is 0 Å². The van der Waals surface area contributed by atoms with Crippen LogP contribution in [0.25, 0.3) is 0 Å². The van der Waals surface area contributed by atoms with E-state index in [4.69, 9.17) is 11.6 Å². The van der Waals surface area contributed by atoms with Crippen LogP contribution in [-0.2, 0) is 12.0 Å². The smallest absolute Gasteiger partial charge is 0.137 e. The molecular formula is C18H15ClFN3. The van der Waals surface area contributed by atoms with E-state index in [0.29, 0.717) is 12.5 Å². The molecule has 4 rings (SSSR count). The standard InChI is InChI=1S/C18H15ClFN3/c19-17-4-2-1-3-15(17)16-9-18(16,10-23-12-21-11-22-23)13-5-7-14(20)8-6-13/h1-8,11-12,16H,9-10H2. The maximum absolute atomic E-state index is 13.3. The minimum absolute atomic E-state index is 0.119. The van der Waals surface area contributed by atoms with E-state index >= 15 is 0 Å². The lowest BCUT2D eigenvalue weighted by molar-refractivity contribution is 0.489. The number of rotatable bonds is 4. The van der Waals surface area contributed by atoms with Gasteiger partial charge in [0.25, 0.3) is 0 Å². The van der Waals surface area contributed by atoms with Crippen molar-refractivity contribution in [2.24, 2.45) is 0 Å². The molecule has 3 nitrogen and oxygen atoms in total. The molecule has 2 unspecified atom stereocenters. The van der Waals surface area contributed by atoms with Crippen LogP contribution < -0.4 is 0 Å². The maximum Gasteiger partial charge on any atom is 0.137 e. The van der Waals surface area contributed by atoms with Gasteiger partial charge >= 0.3 is 0 Å². The zero-order valence-corrected chi connectivity index (χ0v) is 13.1. The van der Waals surface area contributed by atoms with Crippen molar-refractivity contribution in [1.29, 1.82) is 0 Å². The van der Waals surface area contributed by atoms with Gasteiger partial charge in [-0.25, -0.2) is 9.37 Å². The summed E-state index contributed by atoms with van der Waals surface area (Å²) < 4.78 is 15.1. The highest BCUT2D eigenvalue weighted by atomic mass is 35.5. The Morgan fingerprint density at radius 1 is 1.17 bits per heavy atom. The summed E-state index contributed by atoms with van der Waals surface area (Å²) in [5.41, 5.74) is 2.13. The summed E-state index contributed by atoms with van der Waals surface area (Å²) in [4.78, 5) is 4.02. The molecule has 1 aliphatic carbocycles. The Kier molecular flexibility index (Phi) is 3.42. The Hall–Kier alpha value is -2.20. The second kappa shape index (κ2) is 5.46. The van der Waals surface area contributed by atoms with E-state index in [-0.39, 0.29) is 11.2 Å². The van der Waals surface area contributed by atoms with E-state index in [1.165, 1.54) is 18.5 Å². The molecule has 5 heteroatoms. The first kappa shape index (κ1) is 14.4. The molecule has 1 aromatic heterocycles. The number of hydrogen-bond acceptors (Lipinski definition) is 2. The third-order valence-electron chi connectivity index (χ3n) is 4.69. The van der Waals surface area contributed by atoms with E-state index in [2.05, 4.69) is 16.1 Å². The van der Waals surface area contributed by atoms with Gasteiger partial charge in [-0.2, -0.15) is 5.10 Å². The zero-order chi connectivity index (χ0) is 15.9. The molecular weight excluding hydrogens is 313 g/mol. The van der Waals surface area contributed by atoms with E-state index in [9.17, 15) is 4.39 Å². The molecule has 23 heavy (non-hydrogen) atoms. The Bertz CT molecular complexity index is 817. The fourth-order valence-corrected chi connectivity index (χ4v) is 3.71. The largest absolute Gasteiger partial charge is 0.252 e. The van der Waals surface area contributed by atoms with Crippen LogP contribution in [0.4, 0.5) is 4.39 Å². The molecule has 1 aliphatic rings. The molecule has 1 heterocycles. The number of hydrogen-bond donors (Lipinski definition) is 0. The highest BCUT2D eigenvalue weighted by Crippen LogP contribution is 2.62. The average Bonchev–Trinajstić information content (AvgIpc) is 3.02. The summed E-state index contributed by atoms with van der Waals surface area (Å²) >= 11 is 6.39. The number of nitrogens with zero attached hydrogens (tertiary/aromatic N) is 3. The fourth-order valence-electron chi connectivity index (χ4n) is 3.44. The van der Waals surface area contributed by atoms with Crippen LogP contribution in [0.15, 0.2) is 61.2 Å². The molecule has 1 fully saturated rings. The second-order valence-electron chi connectivity index (χ2n) is 6.03. The van der Waals surface area contributed by atoms with Crippen LogP contribution in [0.5, 0.6) is 0 Å². The first-order chi connectivity index (χ1) is 11.2. The van der Waals surface area contributed by atoms with Crippen molar-refractivity contribution in [1.82, 2.24) is 14.8 Å². The molecule has 116 valence electrons. The summed E-state index contributed by atoms with van der Waals surface area (Å²) in [5.74, 6) is 0.0745. The first-order valence-corrected chi connectivity index (χ1v) is 7.90. The zero-order valence-electron chi connectivity index (χ0n) is 12.4. The van der Waals surface area contributed by atoms with Gasteiger partial charge in [-0.3, -0.25) is 4.68 Å². The lowest BCUT2D eigenvalue weighted by Crippen LogP contribution is -2.19. The molecule has 1 saturated carbocycles. The molecule has 0 amide bonds. The Morgan fingerprint density at radius 2 is 1.96 bits per heavy atom. The van der Waals surface area contributed by atoms with Gasteiger partial charge in [0.05, 0.1) is 6.54 Å². The van der Waals surface area contributed by atoms with Gasteiger partial charge < -0.3 is 0 Å². The van der Waals surface area contributed by atoms with Gasteiger partial charge in [-0.15, -0.1) is 0 Å². The van der Waals surface area contributed by atoms with Crippen molar-refractivity contribution in [3.8, 4) is 0 Å². The monoisotopic (exact) mass is 327 g/mol. The van der Waals surface area contributed by atoms with Crippen LogP contribution >= 0.6 is 11.6 Å². The van der Waals surface area contributed by atoms with E-state index in [1.807, 2.05) is 35.0 Å². The van der Waals surface area contributed by atoms with Gasteiger partial charge in [-0.05, 0) is 41.7 Å². The van der Waals surface area contributed by atoms with Gasteiger partial charge in [0.2, 0.25) is 0 Å². The second-order valence-corrected chi connectivity index (χ2v) is 6.44. The molecule has 3 aromatic rings. The van der Waals surface area contributed by atoms with Crippen LogP contribution in [0.2, 0.25) is 5.02 Å². The van der Waals surface area contributed by atoms with Crippen molar-refractivity contribution in [2.45, 2.75) is 24.3 Å². The van der Waals surface area contributed by atoms with Crippen LogP contribution in [0.3, 0.4) is 0 Å². The van der Waals surface area contributed by atoms with Crippen LogP contribution in [-0.4, -0.2) is 14.8 Å². The quantitative estimate of drug-likeness (QED) is 0.719. The minimum atomic E-state index is -0.223. The Balaban J connectivity index is 1.74. The summed E-state index contributed by atoms with van der Waals surface area (Å²) in [6.07, 6.45) is 4.21. The maximum atomic E-state index is 13.3. The number of aromatic nitrogens is 3. The third-order valence-corrected chi connectivity index (χ3v) is 5.03. The van der Waals surface area contributed by atoms with Gasteiger partial charge in [0, 0.05) is 10.4 Å². The highest BCUT2D eigenvalue weighted by Gasteiger charge is 2.56. The van der Waals surface area contributed by atoms with Crippen molar-refractivity contribution in [2.75, 3.05) is 0 Å². The van der Waals surface area contributed by atoms with E-state index in [1.54, 1.807) is 6.33 Å². The average molecular weight is 328 g/mol. The topological polar surface area (TPSA) is 30.7 Å². The van der Waals surface area contributed by atoms with Crippen molar-refractivity contribution in [3.05, 3.63) is 83.2 Å². The van der Waals surface area contributed by atoms with Crippen LogP contribution in [0, 0.1) is 5.82 Å². The van der Waals surface area contributed by atoms with Crippen LogP contribution in [0.1, 0.15) is 23.5 Å². The lowest BCUT2D eigenvalue weighted by Gasteiger charge is -2.19. The highest BCUT2D eigenvalue weighted by molar-refractivity contribution is 6.31. The van der Waals surface area contributed by atoms with E-state index in [0.717, 1.165) is 22.6 Å². The number of halogens is 2. The summed E-state index contributed by atoms with van der Waals surface area (Å²) in [6, 6.07) is 14.7.